The molecule has 7 aliphatic rings. The van der Waals surface area contributed by atoms with Crippen molar-refractivity contribution in [1.29, 1.82) is 0 Å². The van der Waals surface area contributed by atoms with Gasteiger partial charge in [-0.3, -0.25) is 0 Å². The van der Waals surface area contributed by atoms with Crippen LogP contribution in [0.15, 0.2) is 11.6 Å². The number of aliphatic hydroxyl groups excluding tert-OH is 2. The van der Waals surface area contributed by atoms with Crippen molar-refractivity contribution in [3.63, 3.8) is 0 Å². The van der Waals surface area contributed by atoms with E-state index < -0.39 is 41.7 Å². The number of methoxy groups -OCH3 is 1. The maximum atomic E-state index is 12.5. The van der Waals surface area contributed by atoms with Gasteiger partial charge in [-0.2, -0.15) is 0 Å². The van der Waals surface area contributed by atoms with Crippen molar-refractivity contribution in [3.05, 3.63) is 11.6 Å². The number of carbonyl (C=O) groups excluding carboxylic acids is 1. The summed E-state index contributed by atoms with van der Waals surface area (Å²) in [6.07, 6.45) is 3.98. The minimum atomic E-state index is -1.05. The Kier molecular flexibility index (Phi) is 6.16. The zero-order valence-corrected chi connectivity index (χ0v) is 23.5. The first kappa shape index (κ1) is 26.8. The maximum absolute atomic E-state index is 12.5. The number of carbonyl (C=O) groups is 1. The summed E-state index contributed by atoms with van der Waals surface area (Å²) in [6.45, 7) is 6.71. The van der Waals surface area contributed by atoms with Gasteiger partial charge in [-0.1, -0.05) is 13.8 Å². The van der Waals surface area contributed by atoms with E-state index in [1.165, 1.54) is 7.11 Å². The summed E-state index contributed by atoms with van der Waals surface area (Å²) in [6, 6.07) is 0. The lowest BCUT2D eigenvalue weighted by molar-refractivity contribution is -0.313. The monoisotopic (exact) mass is 548 g/mol. The highest BCUT2D eigenvalue weighted by Crippen LogP contribution is 2.74. The van der Waals surface area contributed by atoms with Gasteiger partial charge in [-0.05, 0) is 86.5 Å². The van der Waals surface area contributed by atoms with Crippen molar-refractivity contribution in [3.8, 4) is 0 Å². The summed E-state index contributed by atoms with van der Waals surface area (Å²) in [4.78, 5) is 11.9. The third-order valence-electron chi connectivity index (χ3n) is 12.6. The molecule has 0 radical (unpaired) electrons. The van der Waals surface area contributed by atoms with Crippen molar-refractivity contribution in [2.45, 2.75) is 120 Å². The zero-order chi connectivity index (χ0) is 27.5. The minimum absolute atomic E-state index is 0.00192. The van der Waals surface area contributed by atoms with E-state index in [1.54, 1.807) is 13.0 Å². The van der Waals surface area contributed by atoms with Crippen molar-refractivity contribution >= 4 is 5.97 Å². The van der Waals surface area contributed by atoms with E-state index in [4.69, 9.17) is 23.7 Å². The largest absolute Gasteiger partial charge is 0.458 e. The molecule has 39 heavy (non-hydrogen) atoms. The Bertz CT molecular complexity index is 1050. The van der Waals surface area contributed by atoms with Gasteiger partial charge in [0.05, 0.1) is 30.0 Å². The minimum Gasteiger partial charge on any atom is -0.458 e. The highest BCUT2D eigenvalue weighted by atomic mass is 16.7. The van der Waals surface area contributed by atoms with Gasteiger partial charge in [0, 0.05) is 18.6 Å². The molecular weight excluding hydrogens is 504 g/mol. The molecule has 3 N–H and O–H groups in total. The summed E-state index contributed by atoms with van der Waals surface area (Å²) >= 11 is 0. The molecular formula is C30H44O9. The topological polar surface area (TPSA) is 127 Å². The van der Waals surface area contributed by atoms with Crippen LogP contribution in [0, 0.1) is 34.5 Å². The molecule has 7 rings (SSSR count). The van der Waals surface area contributed by atoms with Crippen LogP contribution in [0.4, 0.5) is 0 Å². The second-order valence-corrected chi connectivity index (χ2v) is 14.0. The highest BCUT2D eigenvalue weighted by Gasteiger charge is 2.79. The van der Waals surface area contributed by atoms with Crippen LogP contribution in [0.5, 0.6) is 0 Å². The molecule has 6 fully saturated rings. The van der Waals surface area contributed by atoms with E-state index in [1.807, 2.05) is 0 Å². The molecule has 218 valence electrons. The van der Waals surface area contributed by atoms with Gasteiger partial charge in [0.1, 0.15) is 24.9 Å². The van der Waals surface area contributed by atoms with Gasteiger partial charge in [0.2, 0.25) is 0 Å². The Balaban J connectivity index is 1.09. The molecule has 0 bridgehead atoms. The molecule has 4 saturated carbocycles. The van der Waals surface area contributed by atoms with Crippen LogP contribution in [-0.2, 0) is 28.5 Å². The Morgan fingerprint density at radius 1 is 1.05 bits per heavy atom. The molecule has 9 nitrogen and oxygen atoms in total. The molecule has 2 saturated heterocycles. The van der Waals surface area contributed by atoms with Crippen LogP contribution >= 0.6 is 0 Å². The van der Waals surface area contributed by atoms with Gasteiger partial charge < -0.3 is 39.0 Å². The highest BCUT2D eigenvalue weighted by molar-refractivity contribution is 5.85. The number of rotatable bonds is 4. The van der Waals surface area contributed by atoms with E-state index in [-0.39, 0.29) is 41.5 Å². The van der Waals surface area contributed by atoms with Gasteiger partial charge in [-0.15, -0.1) is 0 Å². The predicted octanol–water partition coefficient (Wildman–Crippen LogP) is 2.10. The molecule has 3 heterocycles. The first-order valence-corrected chi connectivity index (χ1v) is 15.0. The predicted molar refractivity (Wildman–Crippen MR) is 137 cm³/mol. The average Bonchev–Trinajstić information content (AvgIpc) is 3.51. The number of esters is 1. The van der Waals surface area contributed by atoms with Crippen LogP contribution < -0.4 is 0 Å². The molecule has 0 spiro atoms. The lowest BCUT2D eigenvalue weighted by Crippen LogP contribution is -2.65. The van der Waals surface area contributed by atoms with Gasteiger partial charge in [0.15, 0.2) is 6.29 Å². The summed E-state index contributed by atoms with van der Waals surface area (Å²) in [5.74, 6) is 0.727. The van der Waals surface area contributed by atoms with Gasteiger partial charge in [-0.25, -0.2) is 4.79 Å². The van der Waals surface area contributed by atoms with Crippen molar-refractivity contribution < 1.29 is 43.8 Å². The van der Waals surface area contributed by atoms with Crippen molar-refractivity contribution in [2.24, 2.45) is 34.5 Å². The summed E-state index contributed by atoms with van der Waals surface area (Å²) in [7, 11) is 1.48. The number of ether oxygens (including phenoxy) is 5. The summed E-state index contributed by atoms with van der Waals surface area (Å²) in [5, 5.41) is 33.6. The first-order valence-electron chi connectivity index (χ1n) is 15.0. The number of cyclic esters (lactones) is 1. The Labute approximate surface area is 230 Å². The SMILES string of the molecule is CO[C@@H]1[C@@H](O)[C@H](C)O[C@@H](O[C@H]2CC[C@@]3(C)[C@H](CC[C@@H]4[C@@H]3[C@@H]3O[C@@H]3[C@]3(C)[C@H](C5=CC(=O)OC5)CC[C@]43O)C2)[C@@H]1O. The Hall–Kier alpha value is -1.07. The fourth-order valence-corrected chi connectivity index (χ4v) is 10.4. The summed E-state index contributed by atoms with van der Waals surface area (Å²) in [5.41, 5.74) is -0.169. The van der Waals surface area contributed by atoms with E-state index in [0.29, 0.717) is 18.4 Å². The van der Waals surface area contributed by atoms with E-state index >= 15 is 0 Å². The molecule has 0 aromatic carbocycles. The number of aliphatic hydroxyl groups is 3. The number of epoxide rings is 1. The molecule has 0 amide bonds. The van der Waals surface area contributed by atoms with Gasteiger partial charge in [0.25, 0.3) is 0 Å². The lowest BCUT2D eigenvalue weighted by atomic mass is 9.43. The number of hydrogen-bond acceptors (Lipinski definition) is 9. The molecule has 15 atom stereocenters. The standard InChI is InChI=1S/C30H44O9/c1-14-22(32)25(35-4)23(33)27(37-14)38-17-7-9-28(2)16(12-17)5-6-19-21(28)24-26(39-24)29(3)18(8-10-30(19,29)34)15-11-20(31)36-13-15/h11,14,16-19,21-27,32-34H,5-10,12-13H2,1-4H3/t14-,16+,17-,18-,19+,21+,22-,23+,24-,25+,26-,27-,28-,29-,30-/m0/s1. The maximum Gasteiger partial charge on any atom is 0.331 e. The van der Waals surface area contributed by atoms with E-state index in [9.17, 15) is 20.1 Å². The van der Waals surface area contributed by atoms with Crippen molar-refractivity contribution in [1.82, 2.24) is 0 Å². The number of hydrogen-bond donors (Lipinski definition) is 3. The van der Waals surface area contributed by atoms with Crippen LogP contribution in [0.2, 0.25) is 0 Å². The second-order valence-electron chi connectivity index (χ2n) is 14.0. The third kappa shape index (κ3) is 3.60. The van der Waals surface area contributed by atoms with Crippen molar-refractivity contribution in [2.75, 3.05) is 13.7 Å². The van der Waals surface area contributed by atoms with Crippen LogP contribution in [0.25, 0.3) is 0 Å². The molecule has 9 heteroatoms. The average molecular weight is 549 g/mol. The Morgan fingerprint density at radius 3 is 2.56 bits per heavy atom. The van der Waals surface area contributed by atoms with Gasteiger partial charge >= 0.3 is 5.97 Å². The molecule has 3 aliphatic heterocycles. The van der Waals surface area contributed by atoms with E-state index in [2.05, 4.69) is 13.8 Å². The van der Waals surface area contributed by atoms with Crippen LogP contribution in [0.1, 0.15) is 65.7 Å². The molecule has 0 aromatic heterocycles. The molecule has 0 unspecified atom stereocenters. The number of fused-ring (bicyclic) bond motifs is 8. The Morgan fingerprint density at radius 2 is 1.85 bits per heavy atom. The summed E-state index contributed by atoms with van der Waals surface area (Å²) < 4.78 is 29.4. The molecule has 0 aromatic rings. The quantitative estimate of drug-likeness (QED) is 0.275. The smallest absolute Gasteiger partial charge is 0.331 e. The van der Waals surface area contributed by atoms with E-state index in [0.717, 1.165) is 50.5 Å². The third-order valence-corrected chi connectivity index (χ3v) is 12.6. The van der Waals surface area contributed by atoms with Crippen LogP contribution in [0.3, 0.4) is 0 Å². The fourth-order valence-electron chi connectivity index (χ4n) is 10.4. The van der Waals surface area contributed by atoms with Crippen LogP contribution in [-0.4, -0.2) is 89.6 Å². The molecule has 4 aliphatic carbocycles. The zero-order valence-electron chi connectivity index (χ0n) is 23.5. The first-order chi connectivity index (χ1) is 18.5. The normalized spacial score (nSPS) is 58.0. The second kappa shape index (κ2) is 8.96. The fraction of sp³-hybridized carbons (Fsp3) is 0.900. The lowest BCUT2D eigenvalue weighted by Gasteiger charge is -2.62.